The monoisotopic (exact) mass is 415 g/mol. The molecular weight excluding hydrogens is 386 g/mol. The van der Waals surface area contributed by atoms with Gasteiger partial charge in [0.25, 0.3) is 5.91 Å². The van der Waals surface area contributed by atoms with Crippen molar-refractivity contribution in [2.75, 3.05) is 38.1 Å². The van der Waals surface area contributed by atoms with E-state index in [-0.39, 0.29) is 11.7 Å². The van der Waals surface area contributed by atoms with E-state index in [1.54, 1.807) is 28.6 Å². The lowest BCUT2D eigenvalue weighted by Gasteiger charge is -2.19. The molecule has 1 amide bonds. The third kappa shape index (κ3) is 6.05. The van der Waals surface area contributed by atoms with Crippen molar-refractivity contribution in [2.24, 2.45) is 0 Å². The predicted octanol–water partition coefficient (Wildman–Crippen LogP) is 2.87. The van der Waals surface area contributed by atoms with E-state index in [1.165, 1.54) is 0 Å². The largest absolute Gasteiger partial charge is 0.375 e. The van der Waals surface area contributed by atoms with Crippen molar-refractivity contribution < 1.29 is 13.2 Å². The van der Waals surface area contributed by atoms with Gasteiger partial charge in [0.1, 0.15) is 0 Å². The molecule has 0 atom stereocenters. The lowest BCUT2D eigenvalue weighted by atomic mass is 10.1. The molecule has 0 saturated carbocycles. The zero-order valence-corrected chi connectivity index (χ0v) is 17.7. The third-order valence-electron chi connectivity index (χ3n) is 5.18. The zero-order chi connectivity index (χ0) is 20.7. The van der Waals surface area contributed by atoms with Crippen LogP contribution in [0.3, 0.4) is 0 Å². The fourth-order valence-electron chi connectivity index (χ4n) is 3.45. The average molecular weight is 416 g/mol. The van der Waals surface area contributed by atoms with Crippen LogP contribution in [0.5, 0.6) is 0 Å². The standard InChI is InChI=1S/C22H29N3O3S/c1-24(21-8-3-2-4-9-21)15-7-14-23-22(26)20-12-10-19(11-13-20)18-29(27,28)25-16-5-6-17-25/h2-4,8-13H,5-7,14-18H2,1H3,(H,23,26). The number of carbonyl (C=O) groups excluding carboxylic acids is 1. The second kappa shape index (κ2) is 9.89. The van der Waals surface area contributed by atoms with E-state index in [0.29, 0.717) is 30.8 Å². The van der Waals surface area contributed by atoms with Crippen LogP contribution >= 0.6 is 0 Å². The molecule has 1 fully saturated rings. The van der Waals surface area contributed by atoms with Crippen LogP contribution in [0.1, 0.15) is 35.2 Å². The molecule has 6 nitrogen and oxygen atoms in total. The van der Waals surface area contributed by atoms with E-state index in [4.69, 9.17) is 0 Å². The first-order valence-electron chi connectivity index (χ1n) is 10.1. The van der Waals surface area contributed by atoms with Gasteiger partial charge in [-0.3, -0.25) is 4.79 Å². The van der Waals surface area contributed by atoms with Crippen molar-refractivity contribution in [3.05, 3.63) is 65.7 Å². The van der Waals surface area contributed by atoms with Gasteiger partial charge in [0, 0.05) is 44.5 Å². The molecule has 0 aromatic heterocycles. The maximum absolute atomic E-state index is 12.4. The van der Waals surface area contributed by atoms with Gasteiger partial charge in [-0.05, 0) is 49.1 Å². The summed E-state index contributed by atoms with van der Waals surface area (Å²) < 4.78 is 26.3. The van der Waals surface area contributed by atoms with Crippen LogP contribution in [0.25, 0.3) is 0 Å². The van der Waals surface area contributed by atoms with Gasteiger partial charge in [-0.15, -0.1) is 0 Å². The number of hydrogen-bond donors (Lipinski definition) is 1. The summed E-state index contributed by atoms with van der Waals surface area (Å²) >= 11 is 0. The van der Waals surface area contributed by atoms with E-state index >= 15 is 0 Å². The topological polar surface area (TPSA) is 69.7 Å². The minimum absolute atomic E-state index is 0.0132. The van der Waals surface area contributed by atoms with Crippen molar-refractivity contribution in [3.8, 4) is 0 Å². The lowest BCUT2D eigenvalue weighted by Crippen LogP contribution is -2.29. The molecule has 3 rings (SSSR count). The van der Waals surface area contributed by atoms with Crippen molar-refractivity contribution in [2.45, 2.75) is 25.0 Å². The van der Waals surface area contributed by atoms with Crippen molar-refractivity contribution in [1.82, 2.24) is 9.62 Å². The van der Waals surface area contributed by atoms with Crippen LogP contribution in [-0.4, -0.2) is 51.9 Å². The number of nitrogens with zero attached hydrogens (tertiary/aromatic N) is 2. The van der Waals surface area contributed by atoms with Crippen LogP contribution < -0.4 is 10.2 Å². The number of rotatable bonds is 9. The molecule has 0 radical (unpaired) electrons. The first-order chi connectivity index (χ1) is 14.0. The second-order valence-corrected chi connectivity index (χ2v) is 9.39. The number of benzene rings is 2. The predicted molar refractivity (Wildman–Crippen MR) is 117 cm³/mol. The first kappa shape index (κ1) is 21.3. The summed E-state index contributed by atoms with van der Waals surface area (Å²) in [5.74, 6) is -0.151. The molecule has 156 valence electrons. The molecule has 1 aliphatic rings. The number of amides is 1. The molecular formula is C22H29N3O3S. The van der Waals surface area contributed by atoms with Gasteiger partial charge in [-0.25, -0.2) is 12.7 Å². The van der Waals surface area contributed by atoms with Crippen LogP contribution in [-0.2, 0) is 15.8 Å². The Kier molecular flexibility index (Phi) is 7.28. The summed E-state index contributed by atoms with van der Waals surface area (Å²) in [7, 11) is -1.23. The Bertz CT molecular complexity index is 893. The molecule has 0 unspecified atom stereocenters. The SMILES string of the molecule is CN(CCCNC(=O)c1ccc(CS(=O)(=O)N2CCCC2)cc1)c1ccccc1. The Labute approximate surface area is 173 Å². The first-order valence-corrected chi connectivity index (χ1v) is 11.7. The summed E-state index contributed by atoms with van der Waals surface area (Å²) in [6, 6.07) is 17.0. The van der Waals surface area contributed by atoms with Gasteiger partial charge in [0.05, 0.1) is 5.75 Å². The Balaban J connectivity index is 1.44. The Morgan fingerprint density at radius 1 is 1.03 bits per heavy atom. The van der Waals surface area contributed by atoms with Crippen LogP contribution in [0.4, 0.5) is 5.69 Å². The van der Waals surface area contributed by atoms with Gasteiger partial charge in [-0.1, -0.05) is 30.3 Å². The van der Waals surface area contributed by atoms with E-state index in [0.717, 1.165) is 31.5 Å². The smallest absolute Gasteiger partial charge is 0.251 e. The molecule has 29 heavy (non-hydrogen) atoms. The minimum Gasteiger partial charge on any atom is -0.375 e. The summed E-state index contributed by atoms with van der Waals surface area (Å²) in [5, 5.41) is 2.93. The third-order valence-corrected chi connectivity index (χ3v) is 7.03. The van der Waals surface area contributed by atoms with Gasteiger partial charge >= 0.3 is 0 Å². The van der Waals surface area contributed by atoms with Gasteiger partial charge in [0.15, 0.2) is 0 Å². The molecule has 0 bridgehead atoms. The summed E-state index contributed by atoms with van der Waals surface area (Å²) in [6.07, 6.45) is 2.70. The number of hydrogen-bond acceptors (Lipinski definition) is 4. The zero-order valence-electron chi connectivity index (χ0n) is 16.9. The van der Waals surface area contributed by atoms with Gasteiger partial charge in [-0.2, -0.15) is 0 Å². The highest BCUT2D eigenvalue weighted by molar-refractivity contribution is 7.88. The van der Waals surface area contributed by atoms with E-state index in [2.05, 4.69) is 22.3 Å². The highest BCUT2D eigenvalue weighted by atomic mass is 32.2. The maximum atomic E-state index is 12.4. The van der Waals surface area contributed by atoms with Crippen LogP contribution in [0.2, 0.25) is 0 Å². The number of nitrogens with one attached hydrogen (secondary N) is 1. The molecule has 1 saturated heterocycles. The lowest BCUT2D eigenvalue weighted by molar-refractivity contribution is 0.0953. The maximum Gasteiger partial charge on any atom is 0.251 e. The normalized spacial score (nSPS) is 14.7. The van der Waals surface area contributed by atoms with Crippen molar-refractivity contribution in [3.63, 3.8) is 0 Å². The molecule has 2 aromatic carbocycles. The number of sulfonamides is 1. The Hall–Kier alpha value is -2.38. The van der Waals surface area contributed by atoms with E-state index in [1.807, 2.05) is 25.2 Å². The summed E-state index contributed by atoms with van der Waals surface area (Å²) in [6.45, 7) is 2.66. The van der Waals surface area contributed by atoms with Gasteiger partial charge < -0.3 is 10.2 Å². The van der Waals surface area contributed by atoms with Gasteiger partial charge in [0.2, 0.25) is 10.0 Å². The fourth-order valence-corrected chi connectivity index (χ4v) is 5.06. The molecule has 7 heteroatoms. The molecule has 2 aromatic rings. The summed E-state index contributed by atoms with van der Waals surface area (Å²) in [5.41, 5.74) is 2.40. The molecule has 0 aliphatic carbocycles. The molecule has 0 spiro atoms. The quantitative estimate of drug-likeness (QED) is 0.640. The highest BCUT2D eigenvalue weighted by Crippen LogP contribution is 2.17. The number of para-hydroxylation sites is 1. The molecule has 1 aliphatic heterocycles. The highest BCUT2D eigenvalue weighted by Gasteiger charge is 2.25. The number of anilines is 1. The summed E-state index contributed by atoms with van der Waals surface area (Å²) in [4.78, 5) is 14.5. The average Bonchev–Trinajstić information content (AvgIpc) is 3.28. The number of carbonyl (C=O) groups is 1. The Morgan fingerprint density at radius 3 is 2.34 bits per heavy atom. The second-order valence-electron chi connectivity index (χ2n) is 7.43. The fraction of sp³-hybridized carbons (Fsp3) is 0.409. The van der Waals surface area contributed by atoms with E-state index < -0.39 is 10.0 Å². The van der Waals surface area contributed by atoms with Crippen molar-refractivity contribution in [1.29, 1.82) is 0 Å². The minimum atomic E-state index is -3.27. The van der Waals surface area contributed by atoms with Crippen LogP contribution in [0, 0.1) is 0 Å². The van der Waals surface area contributed by atoms with Crippen molar-refractivity contribution >= 4 is 21.6 Å². The molecule has 1 N–H and O–H groups in total. The molecule has 1 heterocycles. The van der Waals surface area contributed by atoms with Crippen LogP contribution in [0.15, 0.2) is 54.6 Å². The van der Waals surface area contributed by atoms with E-state index in [9.17, 15) is 13.2 Å². The Morgan fingerprint density at radius 2 is 1.69 bits per heavy atom.